The van der Waals surface area contributed by atoms with Crippen LogP contribution >= 0.6 is 22.9 Å². The minimum Gasteiger partial charge on any atom is -0.320 e. The zero-order valence-electron chi connectivity index (χ0n) is 9.90. The Morgan fingerprint density at radius 2 is 2.10 bits per heavy atom. The average Bonchev–Trinajstić information content (AvgIpc) is 2.84. The van der Waals surface area contributed by atoms with Crippen molar-refractivity contribution < 1.29 is 18.0 Å². The van der Waals surface area contributed by atoms with Crippen molar-refractivity contribution in [1.82, 2.24) is 10.2 Å². The molecule has 0 saturated carbocycles. The van der Waals surface area contributed by atoms with Crippen LogP contribution in [-0.4, -0.2) is 16.1 Å². The van der Waals surface area contributed by atoms with E-state index in [2.05, 4.69) is 15.5 Å². The van der Waals surface area contributed by atoms with Crippen molar-refractivity contribution in [3.63, 3.8) is 0 Å². The molecule has 108 valence electrons. The van der Waals surface area contributed by atoms with E-state index in [1.165, 1.54) is 12.1 Å². The monoisotopic (exact) mass is 332 g/mol. The summed E-state index contributed by atoms with van der Waals surface area (Å²) in [6.45, 7) is 0. The number of hydrogen-bond donors (Lipinski definition) is 1. The molecule has 0 fully saturated rings. The number of anilines is 1. The van der Waals surface area contributed by atoms with Crippen LogP contribution in [0.25, 0.3) is 0 Å². The number of benzene rings is 1. The molecular formula is C11H4ClF3N4OS. The minimum atomic E-state index is -4.70. The van der Waals surface area contributed by atoms with E-state index < -0.39 is 23.2 Å². The van der Waals surface area contributed by atoms with Crippen molar-refractivity contribution in [3.05, 3.63) is 38.8 Å². The van der Waals surface area contributed by atoms with Crippen LogP contribution in [0.4, 0.5) is 18.9 Å². The molecule has 2 aromatic rings. The van der Waals surface area contributed by atoms with Crippen LogP contribution in [0.15, 0.2) is 18.2 Å². The van der Waals surface area contributed by atoms with Crippen LogP contribution in [0.2, 0.25) is 4.47 Å². The van der Waals surface area contributed by atoms with E-state index >= 15 is 0 Å². The lowest BCUT2D eigenvalue weighted by molar-refractivity contribution is -0.137. The van der Waals surface area contributed by atoms with Gasteiger partial charge in [0, 0.05) is 5.69 Å². The number of nitrogens with zero attached hydrogens (tertiary/aromatic N) is 3. The highest BCUT2D eigenvalue weighted by atomic mass is 35.5. The van der Waals surface area contributed by atoms with Gasteiger partial charge in [-0.05, 0) is 29.8 Å². The van der Waals surface area contributed by atoms with E-state index in [9.17, 15) is 18.0 Å². The number of amides is 1. The van der Waals surface area contributed by atoms with Gasteiger partial charge in [0.15, 0.2) is 0 Å². The summed E-state index contributed by atoms with van der Waals surface area (Å²) in [5.41, 5.74) is -1.77. The maximum Gasteiger partial charge on any atom is 0.417 e. The Morgan fingerprint density at radius 1 is 1.38 bits per heavy atom. The second kappa shape index (κ2) is 5.67. The molecule has 0 saturated heterocycles. The molecular weight excluding hydrogens is 329 g/mol. The maximum absolute atomic E-state index is 12.8. The second-order valence-electron chi connectivity index (χ2n) is 3.68. The molecule has 5 nitrogen and oxygen atoms in total. The standard InChI is InChI=1S/C11H4ClF3N4OS/c12-10-19-18-9(21-10)8(20)17-6-2-1-5(4-16)7(3-6)11(13,14)15/h1-3H,(H,17,20). The Kier molecular flexibility index (Phi) is 4.11. The molecule has 1 amide bonds. The normalized spacial score (nSPS) is 11.0. The first-order valence-corrected chi connectivity index (χ1v) is 6.42. The van der Waals surface area contributed by atoms with Crippen LogP contribution in [0.1, 0.15) is 20.9 Å². The molecule has 21 heavy (non-hydrogen) atoms. The van der Waals surface area contributed by atoms with Crippen LogP contribution in [0.5, 0.6) is 0 Å². The molecule has 0 aliphatic heterocycles. The number of aromatic nitrogens is 2. The van der Waals surface area contributed by atoms with E-state index in [4.69, 9.17) is 16.9 Å². The summed E-state index contributed by atoms with van der Waals surface area (Å²) in [4.78, 5) is 11.7. The Labute approximate surface area is 125 Å². The smallest absolute Gasteiger partial charge is 0.320 e. The van der Waals surface area contributed by atoms with Crippen molar-refractivity contribution in [2.45, 2.75) is 6.18 Å². The van der Waals surface area contributed by atoms with Gasteiger partial charge in [-0.2, -0.15) is 18.4 Å². The second-order valence-corrected chi connectivity index (χ2v) is 5.24. The molecule has 0 atom stereocenters. The van der Waals surface area contributed by atoms with E-state index in [0.717, 1.165) is 17.4 Å². The molecule has 1 aromatic carbocycles. The zero-order chi connectivity index (χ0) is 15.6. The van der Waals surface area contributed by atoms with Gasteiger partial charge in [0.25, 0.3) is 5.91 Å². The SMILES string of the molecule is N#Cc1ccc(NC(=O)c2nnc(Cl)s2)cc1C(F)(F)F. The van der Waals surface area contributed by atoms with Crippen molar-refractivity contribution in [2.75, 3.05) is 5.32 Å². The third kappa shape index (κ3) is 3.48. The lowest BCUT2D eigenvalue weighted by Gasteiger charge is -2.11. The fraction of sp³-hybridized carbons (Fsp3) is 0.0909. The van der Waals surface area contributed by atoms with Gasteiger partial charge in [0.1, 0.15) is 0 Å². The molecule has 0 aliphatic carbocycles. The van der Waals surface area contributed by atoms with E-state index in [1.54, 1.807) is 0 Å². The number of hydrogen-bond acceptors (Lipinski definition) is 5. The predicted octanol–water partition coefficient (Wildman–Crippen LogP) is 3.33. The average molecular weight is 333 g/mol. The van der Waals surface area contributed by atoms with Gasteiger partial charge in [0.2, 0.25) is 9.47 Å². The zero-order valence-corrected chi connectivity index (χ0v) is 11.5. The molecule has 0 spiro atoms. The minimum absolute atomic E-state index is 0.0379. The number of carbonyl (C=O) groups excluding carboxylic acids is 1. The summed E-state index contributed by atoms with van der Waals surface area (Å²) in [5.74, 6) is -0.739. The highest BCUT2D eigenvalue weighted by Gasteiger charge is 2.34. The number of rotatable bonds is 2. The molecule has 2 rings (SSSR count). The number of alkyl halides is 3. The van der Waals surface area contributed by atoms with Crippen molar-refractivity contribution in [3.8, 4) is 6.07 Å². The summed E-state index contributed by atoms with van der Waals surface area (Å²) < 4.78 is 38.4. The fourth-order valence-corrected chi connectivity index (χ4v) is 2.16. The Hall–Kier alpha value is -2.18. The topological polar surface area (TPSA) is 78.7 Å². The first kappa shape index (κ1) is 15.2. The first-order chi connectivity index (χ1) is 9.81. The summed E-state index contributed by atoms with van der Waals surface area (Å²) >= 11 is 6.30. The van der Waals surface area contributed by atoms with Crippen LogP contribution in [-0.2, 0) is 6.18 Å². The molecule has 0 unspecified atom stereocenters. The van der Waals surface area contributed by atoms with Gasteiger partial charge in [-0.15, -0.1) is 10.2 Å². The maximum atomic E-state index is 12.8. The van der Waals surface area contributed by atoms with E-state index in [-0.39, 0.29) is 15.2 Å². The Bertz CT molecular complexity index is 738. The number of carbonyl (C=O) groups is 1. The molecule has 10 heteroatoms. The molecule has 1 N–H and O–H groups in total. The summed E-state index contributed by atoms with van der Waals surface area (Å²) in [6, 6.07) is 4.29. The van der Waals surface area contributed by atoms with E-state index in [0.29, 0.717) is 6.07 Å². The van der Waals surface area contributed by atoms with Crippen molar-refractivity contribution in [1.29, 1.82) is 5.26 Å². The number of nitrogens with one attached hydrogen (secondary N) is 1. The number of nitriles is 1. The van der Waals surface area contributed by atoms with Crippen LogP contribution < -0.4 is 5.32 Å². The van der Waals surface area contributed by atoms with Gasteiger partial charge >= 0.3 is 6.18 Å². The van der Waals surface area contributed by atoms with Gasteiger partial charge in [-0.1, -0.05) is 11.3 Å². The highest BCUT2D eigenvalue weighted by molar-refractivity contribution is 7.17. The molecule has 0 aliphatic rings. The van der Waals surface area contributed by atoms with Gasteiger partial charge in [-0.25, -0.2) is 0 Å². The lowest BCUT2D eigenvalue weighted by atomic mass is 10.1. The first-order valence-electron chi connectivity index (χ1n) is 5.23. The predicted molar refractivity (Wildman–Crippen MR) is 69.0 cm³/mol. The molecule has 1 heterocycles. The molecule has 0 bridgehead atoms. The molecule has 0 radical (unpaired) electrons. The Balaban J connectivity index is 2.30. The number of halogens is 4. The molecule has 1 aromatic heterocycles. The summed E-state index contributed by atoms with van der Waals surface area (Å²) in [6.07, 6.45) is -4.70. The fourth-order valence-electron chi connectivity index (χ4n) is 1.44. The third-order valence-electron chi connectivity index (χ3n) is 2.30. The van der Waals surface area contributed by atoms with Crippen LogP contribution in [0.3, 0.4) is 0 Å². The van der Waals surface area contributed by atoms with Gasteiger partial charge in [-0.3, -0.25) is 4.79 Å². The van der Waals surface area contributed by atoms with Gasteiger partial charge < -0.3 is 5.32 Å². The van der Waals surface area contributed by atoms with Crippen LogP contribution in [0, 0.1) is 11.3 Å². The van der Waals surface area contributed by atoms with E-state index in [1.807, 2.05) is 0 Å². The third-order valence-corrected chi connectivity index (χ3v) is 3.32. The lowest BCUT2D eigenvalue weighted by Crippen LogP contribution is -2.14. The quantitative estimate of drug-likeness (QED) is 0.914. The van der Waals surface area contributed by atoms with Crippen molar-refractivity contribution in [2.24, 2.45) is 0 Å². The van der Waals surface area contributed by atoms with Gasteiger partial charge in [0.05, 0.1) is 17.2 Å². The largest absolute Gasteiger partial charge is 0.417 e. The summed E-state index contributed by atoms with van der Waals surface area (Å²) in [5, 5.41) is 17.7. The van der Waals surface area contributed by atoms with Crippen molar-refractivity contribution >= 4 is 34.5 Å². The highest BCUT2D eigenvalue weighted by Crippen LogP contribution is 2.33. The summed E-state index contributed by atoms with van der Waals surface area (Å²) in [7, 11) is 0. The Morgan fingerprint density at radius 3 is 2.62 bits per heavy atom.